The number of benzene rings is 2. The maximum Gasteiger partial charge on any atom is 0.252 e. The smallest absolute Gasteiger partial charge is 0.252 e. The maximum atomic E-state index is 14.0. The van der Waals surface area contributed by atoms with Crippen LogP contribution in [0, 0.1) is 11.2 Å². The highest BCUT2D eigenvalue weighted by molar-refractivity contribution is 6.10. The zero-order valence-electron chi connectivity index (χ0n) is 16.6. The summed E-state index contributed by atoms with van der Waals surface area (Å²) in [7, 11) is 0. The Morgan fingerprint density at radius 2 is 1.93 bits per heavy atom. The number of carbonyl (C=O) groups excluding carboxylic acids is 2. The number of amides is 2. The Bertz CT molecular complexity index is 1110. The van der Waals surface area contributed by atoms with Gasteiger partial charge in [-0.05, 0) is 48.1 Å². The Balaban J connectivity index is 1.69. The standard InChI is InChI=1S/C23H24FN3O2/c1-23(2,22(25)29)9-7-13-3-5-14(6-4-13)20-16-8-10-26-21(28)17-11-15(24)12-18(27-20)19(16)17/h3-6,11-12,27H,7-10H2,1-2H3,(H2,25,29)(H,26,28). The fraction of sp³-hybridized carbons (Fsp3) is 0.304. The first kappa shape index (κ1) is 19.2. The molecule has 0 atom stereocenters. The van der Waals surface area contributed by atoms with E-state index in [-0.39, 0.29) is 11.8 Å². The highest BCUT2D eigenvalue weighted by Crippen LogP contribution is 2.35. The maximum absolute atomic E-state index is 14.0. The van der Waals surface area contributed by atoms with E-state index >= 15 is 0 Å². The number of carbonyl (C=O) groups is 2. The van der Waals surface area contributed by atoms with Crippen molar-refractivity contribution < 1.29 is 14.0 Å². The molecule has 1 aromatic heterocycles. The number of aromatic nitrogens is 1. The first-order valence-electron chi connectivity index (χ1n) is 9.78. The van der Waals surface area contributed by atoms with Crippen LogP contribution in [-0.4, -0.2) is 23.3 Å². The number of halogens is 1. The van der Waals surface area contributed by atoms with Gasteiger partial charge in [0, 0.05) is 28.6 Å². The Hall–Kier alpha value is -3.15. The number of rotatable bonds is 5. The Morgan fingerprint density at radius 3 is 2.62 bits per heavy atom. The number of aryl methyl sites for hydroxylation is 1. The average Bonchev–Trinajstić information content (AvgIpc) is 2.95. The summed E-state index contributed by atoms with van der Waals surface area (Å²) in [6.07, 6.45) is 2.10. The summed E-state index contributed by atoms with van der Waals surface area (Å²) in [4.78, 5) is 27.1. The summed E-state index contributed by atoms with van der Waals surface area (Å²) in [5, 5.41) is 3.63. The van der Waals surface area contributed by atoms with Crippen LogP contribution in [0.25, 0.3) is 22.2 Å². The van der Waals surface area contributed by atoms with E-state index in [0.29, 0.717) is 30.5 Å². The molecule has 0 radical (unpaired) electrons. The van der Waals surface area contributed by atoms with Crippen molar-refractivity contribution in [2.75, 3.05) is 6.54 Å². The van der Waals surface area contributed by atoms with Crippen LogP contribution in [0.2, 0.25) is 0 Å². The van der Waals surface area contributed by atoms with Gasteiger partial charge in [-0.2, -0.15) is 0 Å². The van der Waals surface area contributed by atoms with Crippen LogP contribution in [0.4, 0.5) is 4.39 Å². The quantitative estimate of drug-likeness (QED) is 0.617. The lowest BCUT2D eigenvalue weighted by molar-refractivity contribution is -0.126. The molecule has 150 valence electrons. The minimum atomic E-state index is -0.543. The lowest BCUT2D eigenvalue weighted by Crippen LogP contribution is -2.31. The summed E-state index contributed by atoms with van der Waals surface area (Å²) in [5.41, 5.74) is 9.95. The van der Waals surface area contributed by atoms with Crippen LogP contribution >= 0.6 is 0 Å². The van der Waals surface area contributed by atoms with E-state index in [0.717, 1.165) is 34.2 Å². The Labute approximate surface area is 168 Å². The number of H-pyrrole nitrogens is 1. The van der Waals surface area contributed by atoms with Gasteiger partial charge in [0.1, 0.15) is 5.82 Å². The lowest BCUT2D eigenvalue weighted by Gasteiger charge is -2.20. The molecule has 2 heterocycles. The highest BCUT2D eigenvalue weighted by Gasteiger charge is 2.25. The molecule has 0 unspecified atom stereocenters. The van der Waals surface area contributed by atoms with E-state index in [1.807, 2.05) is 38.1 Å². The molecule has 29 heavy (non-hydrogen) atoms. The molecule has 2 amide bonds. The largest absolute Gasteiger partial charge is 0.369 e. The number of aromatic amines is 1. The predicted octanol–water partition coefficient (Wildman–Crippen LogP) is 3.70. The van der Waals surface area contributed by atoms with E-state index in [1.165, 1.54) is 12.1 Å². The molecule has 4 rings (SSSR count). The number of hydrogen-bond acceptors (Lipinski definition) is 2. The molecule has 6 heteroatoms. The van der Waals surface area contributed by atoms with Crippen LogP contribution in [0.1, 0.15) is 41.8 Å². The van der Waals surface area contributed by atoms with Gasteiger partial charge in [0.05, 0.1) is 5.56 Å². The third-order valence-electron chi connectivity index (χ3n) is 5.82. The first-order chi connectivity index (χ1) is 13.8. The molecule has 2 aromatic carbocycles. The van der Waals surface area contributed by atoms with Crippen molar-refractivity contribution in [1.82, 2.24) is 10.3 Å². The van der Waals surface area contributed by atoms with E-state index < -0.39 is 11.2 Å². The van der Waals surface area contributed by atoms with Gasteiger partial charge in [-0.1, -0.05) is 38.1 Å². The minimum Gasteiger partial charge on any atom is -0.369 e. The van der Waals surface area contributed by atoms with Crippen molar-refractivity contribution in [3.63, 3.8) is 0 Å². The van der Waals surface area contributed by atoms with Crippen LogP contribution in [-0.2, 0) is 17.6 Å². The van der Waals surface area contributed by atoms with Crippen LogP contribution in [0.3, 0.4) is 0 Å². The van der Waals surface area contributed by atoms with Gasteiger partial charge in [-0.25, -0.2) is 4.39 Å². The molecule has 0 spiro atoms. The summed E-state index contributed by atoms with van der Waals surface area (Å²) in [5.74, 6) is -0.976. The molecule has 1 aliphatic rings. The van der Waals surface area contributed by atoms with Gasteiger partial charge in [0.2, 0.25) is 5.91 Å². The van der Waals surface area contributed by atoms with Crippen molar-refractivity contribution in [3.8, 4) is 11.3 Å². The monoisotopic (exact) mass is 393 g/mol. The molecule has 4 N–H and O–H groups in total. The summed E-state index contributed by atoms with van der Waals surface area (Å²) in [6, 6.07) is 10.8. The van der Waals surface area contributed by atoms with E-state index in [2.05, 4.69) is 10.3 Å². The second-order valence-corrected chi connectivity index (χ2v) is 8.31. The van der Waals surface area contributed by atoms with Crippen LogP contribution in [0.5, 0.6) is 0 Å². The number of hydrogen-bond donors (Lipinski definition) is 3. The third-order valence-corrected chi connectivity index (χ3v) is 5.82. The fourth-order valence-corrected chi connectivity index (χ4v) is 3.86. The van der Waals surface area contributed by atoms with Crippen LogP contribution < -0.4 is 11.1 Å². The second kappa shape index (κ2) is 7.03. The normalized spacial score (nSPS) is 14.0. The predicted molar refractivity (Wildman–Crippen MR) is 111 cm³/mol. The third kappa shape index (κ3) is 3.50. The number of nitrogens with two attached hydrogens (primary N) is 1. The summed E-state index contributed by atoms with van der Waals surface area (Å²) in [6.45, 7) is 4.22. The molecule has 3 aromatic rings. The number of nitrogens with one attached hydrogen (secondary N) is 2. The van der Waals surface area contributed by atoms with Crippen molar-refractivity contribution >= 4 is 22.7 Å². The molecular weight excluding hydrogens is 369 g/mol. The Morgan fingerprint density at radius 1 is 1.21 bits per heavy atom. The zero-order valence-corrected chi connectivity index (χ0v) is 16.6. The SMILES string of the molecule is CC(C)(CCc1ccc(-c2[nH]c3cc(F)cc4c3c2CCNC4=O)cc1)C(N)=O. The second-order valence-electron chi connectivity index (χ2n) is 8.31. The average molecular weight is 393 g/mol. The Kier molecular flexibility index (Phi) is 4.65. The van der Waals surface area contributed by atoms with Crippen molar-refractivity contribution in [3.05, 3.63) is 58.9 Å². The lowest BCUT2D eigenvalue weighted by atomic mass is 9.85. The fourth-order valence-electron chi connectivity index (χ4n) is 3.86. The van der Waals surface area contributed by atoms with Crippen molar-refractivity contribution in [2.45, 2.75) is 33.1 Å². The van der Waals surface area contributed by atoms with Gasteiger partial charge >= 0.3 is 0 Å². The van der Waals surface area contributed by atoms with Crippen molar-refractivity contribution in [2.24, 2.45) is 11.1 Å². The van der Waals surface area contributed by atoms with Gasteiger partial charge < -0.3 is 16.0 Å². The van der Waals surface area contributed by atoms with Crippen molar-refractivity contribution in [1.29, 1.82) is 0 Å². The topological polar surface area (TPSA) is 88.0 Å². The van der Waals surface area contributed by atoms with Gasteiger partial charge in [-0.15, -0.1) is 0 Å². The van der Waals surface area contributed by atoms with E-state index in [1.54, 1.807) is 0 Å². The number of primary amides is 1. The van der Waals surface area contributed by atoms with Crippen LogP contribution in [0.15, 0.2) is 36.4 Å². The van der Waals surface area contributed by atoms with E-state index in [4.69, 9.17) is 5.73 Å². The summed E-state index contributed by atoms with van der Waals surface area (Å²) >= 11 is 0. The molecule has 0 saturated heterocycles. The minimum absolute atomic E-state index is 0.244. The zero-order chi connectivity index (χ0) is 20.8. The molecule has 0 fully saturated rings. The molecule has 1 aliphatic heterocycles. The summed E-state index contributed by atoms with van der Waals surface area (Å²) < 4.78 is 14.0. The molecule has 0 saturated carbocycles. The molecule has 0 aliphatic carbocycles. The van der Waals surface area contributed by atoms with Gasteiger partial charge in [-0.3, -0.25) is 9.59 Å². The van der Waals surface area contributed by atoms with Gasteiger partial charge in [0.15, 0.2) is 0 Å². The molecule has 0 bridgehead atoms. The van der Waals surface area contributed by atoms with Gasteiger partial charge in [0.25, 0.3) is 5.91 Å². The highest BCUT2D eigenvalue weighted by atomic mass is 19.1. The van der Waals surface area contributed by atoms with E-state index in [9.17, 15) is 14.0 Å². The first-order valence-corrected chi connectivity index (χ1v) is 9.78. The molecular formula is C23H24FN3O2. The molecule has 5 nitrogen and oxygen atoms in total.